The summed E-state index contributed by atoms with van der Waals surface area (Å²) < 4.78 is 10.5. The van der Waals surface area contributed by atoms with Crippen LogP contribution < -0.4 is 4.74 Å². The van der Waals surface area contributed by atoms with Crippen LogP contribution in [-0.2, 0) is 4.74 Å². The summed E-state index contributed by atoms with van der Waals surface area (Å²) in [6.07, 6.45) is 0.225. The molecule has 1 aromatic rings. The normalized spacial score (nSPS) is 18.7. The van der Waals surface area contributed by atoms with Crippen LogP contribution >= 0.6 is 0 Å². The maximum Gasteiger partial charge on any atom is 0.137 e. The zero-order valence-corrected chi connectivity index (χ0v) is 7.99. The van der Waals surface area contributed by atoms with E-state index in [0.717, 1.165) is 12.2 Å². The third-order valence-corrected chi connectivity index (χ3v) is 2.08. The summed E-state index contributed by atoms with van der Waals surface area (Å²) in [5.41, 5.74) is 1.65. The fourth-order valence-electron chi connectivity index (χ4n) is 1.20. The van der Waals surface area contributed by atoms with Crippen LogP contribution in [0.4, 0.5) is 0 Å². The average Bonchev–Trinajstić information content (AvgIpc) is 2.99. The Kier molecular flexibility index (Phi) is 2.38. The molecule has 3 heteroatoms. The number of hydrogen-bond acceptors (Lipinski definition) is 3. The molecule has 1 aliphatic heterocycles. The Labute approximate surface area is 82.9 Å². The van der Waals surface area contributed by atoms with Crippen molar-refractivity contribution in [3.63, 3.8) is 0 Å². The van der Waals surface area contributed by atoms with Gasteiger partial charge in [-0.25, -0.2) is 0 Å². The summed E-state index contributed by atoms with van der Waals surface area (Å²) in [6, 6.07) is 7.70. The first-order valence-corrected chi connectivity index (χ1v) is 4.55. The van der Waals surface area contributed by atoms with Crippen molar-refractivity contribution >= 4 is 0 Å². The smallest absolute Gasteiger partial charge is 0.137 e. The van der Waals surface area contributed by atoms with E-state index in [9.17, 15) is 0 Å². The summed E-state index contributed by atoms with van der Waals surface area (Å²) in [7, 11) is 0. The Hall–Kier alpha value is -1.53. The van der Waals surface area contributed by atoms with Crippen molar-refractivity contribution in [2.45, 2.75) is 13.0 Å². The molecule has 1 heterocycles. The number of epoxide rings is 1. The van der Waals surface area contributed by atoms with Crippen molar-refractivity contribution in [1.82, 2.24) is 0 Å². The molecule has 1 fully saturated rings. The van der Waals surface area contributed by atoms with Gasteiger partial charge in [-0.05, 0) is 24.6 Å². The quantitative estimate of drug-likeness (QED) is 0.679. The van der Waals surface area contributed by atoms with Crippen LogP contribution in [0.3, 0.4) is 0 Å². The van der Waals surface area contributed by atoms with E-state index in [1.165, 1.54) is 0 Å². The van der Waals surface area contributed by atoms with Gasteiger partial charge >= 0.3 is 0 Å². The third kappa shape index (κ3) is 2.04. The average molecular weight is 189 g/mol. The molecule has 0 aliphatic carbocycles. The van der Waals surface area contributed by atoms with Gasteiger partial charge in [0.1, 0.15) is 24.5 Å². The first-order chi connectivity index (χ1) is 6.79. The van der Waals surface area contributed by atoms with E-state index >= 15 is 0 Å². The van der Waals surface area contributed by atoms with Crippen molar-refractivity contribution in [3.8, 4) is 11.8 Å². The highest BCUT2D eigenvalue weighted by molar-refractivity contribution is 5.45. The van der Waals surface area contributed by atoms with E-state index in [-0.39, 0.29) is 6.10 Å². The first kappa shape index (κ1) is 9.04. The van der Waals surface area contributed by atoms with Crippen LogP contribution in [0.25, 0.3) is 0 Å². The second kappa shape index (κ2) is 3.69. The predicted octanol–water partition coefficient (Wildman–Crippen LogP) is 1.64. The molecule has 1 saturated heterocycles. The van der Waals surface area contributed by atoms with Crippen molar-refractivity contribution in [2.24, 2.45) is 0 Å². The van der Waals surface area contributed by atoms with Crippen molar-refractivity contribution < 1.29 is 9.47 Å². The molecule has 1 aromatic carbocycles. The molecule has 0 aromatic heterocycles. The Balaban J connectivity index is 2.10. The number of nitrogens with zero attached hydrogens (tertiary/aromatic N) is 1. The van der Waals surface area contributed by atoms with Gasteiger partial charge in [0.25, 0.3) is 0 Å². The summed E-state index contributed by atoms with van der Waals surface area (Å²) in [4.78, 5) is 0. The molecule has 72 valence electrons. The largest absolute Gasteiger partial charge is 0.489 e. The van der Waals surface area contributed by atoms with Crippen LogP contribution in [0.2, 0.25) is 0 Å². The molecule has 0 spiro atoms. The molecule has 0 bridgehead atoms. The minimum absolute atomic E-state index is 0.225. The van der Waals surface area contributed by atoms with Gasteiger partial charge in [0.05, 0.1) is 12.2 Å². The molecular weight excluding hydrogens is 178 g/mol. The Morgan fingerprint density at radius 3 is 3.07 bits per heavy atom. The zero-order valence-electron chi connectivity index (χ0n) is 7.99. The lowest BCUT2D eigenvalue weighted by Gasteiger charge is -2.06. The molecule has 0 unspecified atom stereocenters. The minimum Gasteiger partial charge on any atom is -0.489 e. The number of rotatable bonds is 3. The maximum atomic E-state index is 8.86. The fraction of sp³-hybridized carbons (Fsp3) is 0.364. The van der Waals surface area contributed by atoms with Gasteiger partial charge in [0.2, 0.25) is 0 Å². The van der Waals surface area contributed by atoms with Gasteiger partial charge in [-0.3, -0.25) is 0 Å². The van der Waals surface area contributed by atoms with E-state index in [2.05, 4.69) is 6.07 Å². The summed E-state index contributed by atoms with van der Waals surface area (Å²) in [6.45, 7) is 3.26. The highest BCUT2D eigenvalue weighted by Gasteiger charge is 2.23. The number of hydrogen-bond donors (Lipinski definition) is 0. The molecule has 14 heavy (non-hydrogen) atoms. The Bertz CT molecular complexity index is 377. The number of ether oxygens (including phenoxy) is 2. The molecule has 0 N–H and O–H groups in total. The van der Waals surface area contributed by atoms with Gasteiger partial charge < -0.3 is 9.47 Å². The lowest BCUT2D eigenvalue weighted by molar-refractivity contribution is 0.262. The van der Waals surface area contributed by atoms with Gasteiger partial charge in [-0.1, -0.05) is 6.07 Å². The Morgan fingerprint density at radius 1 is 1.64 bits per heavy atom. The summed E-state index contributed by atoms with van der Waals surface area (Å²) in [5.74, 6) is 0.647. The van der Waals surface area contributed by atoms with Gasteiger partial charge in [-0.2, -0.15) is 5.26 Å². The predicted molar refractivity (Wildman–Crippen MR) is 51.1 cm³/mol. The number of benzene rings is 1. The maximum absolute atomic E-state index is 8.86. The van der Waals surface area contributed by atoms with Crippen molar-refractivity contribution in [2.75, 3.05) is 13.2 Å². The van der Waals surface area contributed by atoms with E-state index in [4.69, 9.17) is 14.7 Å². The van der Waals surface area contributed by atoms with Crippen molar-refractivity contribution in [3.05, 3.63) is 29.3 Å². The summed E-state index contributed by atoms with van der Waals surface area (Å²) in [5, 5.41) is 8.86. The van der Waals surface area contributed by atoms with Crippen LogP contribution in [0.15, 0.2) is 18.2 Å². The molecule has 3 nitrogen and oxygen atoms in total. The third-order valence-electron chi connectivity index (χ3n) is 2.08. The molecular formula is C11H11NO2. The molecule has 1 aliphatic rings. The van der Waals surface area contributed by atoms with Gasteiger partial charge in [0, 0.05) is 0 Å². The topological polar surface area (TPSA) is 45.5 Å². The second-order valence-corrected chi connectivity index (χ2v) is 3.38. The minimum atomic E-state index is 0.225. The highest BCUT2D eigenvalue weighted by atomic mass is 16.6. The lowest BCUT2D eigenvalue weighted by Crippen LogP contribution is -2.05. The standard InChI is InChI=1S/C11H11NO2/c1-8-2-3-11(9(4-8)5-12)14-7-10-6-13-10/h2-4,10H,6-7H2,1H3/t10-/m0/s1. The van der Waals surface area contributed by atoms with Crippen LogP contribution in [0, 0.1) is 18.3 Å². The van der Waals surface area contributed by atoms with Crippen LogP contribution in [-0.4, -0.2) is 19.3 Å². The Morgan fingerprint density at radius 2 is 2.43 bits per heavy atom. The summed E-state index contributed by atoms with van der Waals surface area (Å²) >= 11 is 0. The second-order valence-electron chi connectivity index (χ2n) is 3.38. The molecule has 0 saturated carbocycles. The van der Waals surface area contributed by atoms with Crippen LogP contribution in [0.5, 0.6) is 5.75 Å². The molecule has 2 rings (SSSR count). The van der Waals surface area contributed by atoms with Crippen molar-refractivity contribution in [1.29, 1.82) is 5.26 Å². The van der Waals surface area contributed by atoms with Crippen LogP contribution in [0.1, 0.15) is 11.1 Å². The van der Waals surface area contributed by atoms with Gasteiger partial charge in [0.15, 0.2) is 0 Å². The molecule has 0 amide bonds. The number of aryl methyl sites for hydroxylation is 1. The number of nitriles is 1. The van der Waals surface area contributed by atoms with E-state index in [1.54, 1.807) is 0 Å². The first-order valence-electron chi connectivity index (χ1n) is 4.55. The van der Waals surface area contributed by atoms with E-state index < -0.39 is 0 Å². The molecule has 0 radical (unpaired) electrons. The SMILES string of the molecule is Cc1ccc(OC[C@@H]2CO2)c(C#N)c1. The molecule has 1 atom stereocenters. The van der Waals surface area contributed by atoms with E-state index in [1.807, 2.05) is 25.1 Å². The van der Waals surface area contributed by atoms with Gasteiger partial charge in [-0.15, -0.1) is 0 Å². The monoisotopic (exact) mass is 189 g/mol. The fourth-order valence-corrected chi connectivity index (χ4v) is 1.20. The zero-order chi connectivity index (χ0) is 9.97. The highest BCUT2D eigenvalue weighted by Crippen LogP contribution is 2.20. The van der Waals surface area contributed by atoms with E-state index in [0.29, 0.717) is 17.9 Å². The lowest BCUT2D eigenvalue weighted by atomic mass is 10.1.